The predicted octanol–water partition coefficient (Wildman–Crippen LogP) is 3.39. The van der Waals surface area contributed by atoms with Gasteiger partial charge in [-0.3, -0.25) is 0 Å². The van der Waals surface area contributed by atoms with E-state index in [1.807, 2.05) is 32.2 Å². The van der Waals surface area contributed by atoms with Crippen molar-refractivity contribution in [3.05, 3.63) is 24.3 Å². The second kappa shape index (κ2) is 4.22. The second-order valence-electron chi connectivity index (χ2n) is 4.95. The van der Waals surface area contributed by atoms with E-state index in [4.69, 9.17) is 11.6 Å². The molecule has 0 radical (unpaired) electrons. The predicted molar refractivity (Wildman–Crippen MR) is 73.7 cm³/mol. The van der Waals surface area contributed by atoms with E-state index in [0.717, 1.165) is 17.0 Å². The van der Waals surface area contributed by atoms with Gasteiger partial charge >= 0.3 is 0 Å². The number of hydrogen-bond donors (Lipinski definition) is 1. The summed E-state index contributed by atoms with van der Waals surface area (Å²) >= 11 is 6.17. The Labute approximate surface area is 107 Å². The number of rotatable bonds is 3. The third-order valence-electron chi connectivity index (χ3n) is 3.22. The summed E-state index contributed by atoms with van der Waals surface area (Å²) in [6, 6.07) is 8.08. The van der Waals surface area contributed by atoms with Crippen LogP contribution >= 0.6 is 11.6 Å². The monoisotopic (exact) mass is 251 g/mol. The van der Waals surface area contributed by atoms with Crippen LogP contribution in [-0.2, 0) is 7.05 Å². The van der Waals surface area contributed by atoms with Crippen LogP contribution in [0.25, 0.3) is 11.0 Å². The van der Waals surface area contributed by atoms with Gasteiger partial charge in [0.25, 0.3) is 0 Å². The molecule has 92 valence electrons. The van der Waals surface area contributed by atoms with Crippen molar-refractivity contribution < 1.29 is 0 Å². The normalized spacial score (nSPS) is 13.9. The van der Waals surface area contributed by atoms with Crippen LogP contribution in [-0.4, -0.2) is 20.5 Å². The zero-order valence-electron chi connectivity index (χ0n) is 10.7. The van der Waals surface area contributed by atoms with E-state index in [2.05, 4.69) is 34.8 Å². The lowest BCUT2D eigenvalue weighted by Crippen LogP contribution is -2.39. The Morgan fingerprint density at radius 2 is 2.00 bits per heavy atom. The molecule has 1 aromatic carbocycles. The van der Waals surface area contributed by atoms with Crippen molar-refractivity contribution in [1.82, 2.24) is 9.55 Å². The summed E-state index contributed by atoms with van der Waals surface area (Å²) in [5.74, 6) is 0.851. The van der Waals surface area contributed by atoms with Crippen LogP contribution < -0.4 is 5.32 Å². The first-order valence-corrected chi connectivity index (χ1v) is 6.19. The number of halogens is 1. The van der Waals surface area contributed by atoms with E-state index in [1.165, 1.54) is 0 Å². The molecule has 1 aromatic heterocycles. The van der Waals surface area contributed by atoms with Crippen molar-refractivity contribution in [2.75, 3.05) is 5.32 Å². The van der Waals surface area contributed by atoms with Crippen molar-refractivity contribution in [3.63, 3.8) is 0 Å². The second-order valence-corrected chi connectivity index (χ2v) is 5.60. The fourth-order valence-corrected chi connectivity index (χ4v) is 1.70. The first-order valence-electron chi connectivity index (χ1n) is 5.75. The van der Waals surface area contributed by atoms with Crippen molar-refractivity contribution in [1.29, 1.82) is 0 Å². The zero-order valence-corrected chi connectivity index (χ0v) is 11.4. The number of aryl methyl sites for hydroxylation is 1. The lowest BCUT2D eigenvalue weighted by molar-refractivity contribution is 0.547. The molecular weight excluding hydrogens is 234 g/mol. The van der Waals surface area contributed by atoms with Gasteiger partial charge in [-0.05, 0) is 32.9 Å². The smallest absolute Gasteiger partial charge is 0.204 e. The molecule has 1 atom stereocenters. The lowest BCUT2D eigenvalue weighted by Gasteiger charge is -2.29. The average Bonchev–Trinajstić information content (AvgIpc) is 2.56. The molecule has 0 aliphatic carbocycles. The molecule has 0 saturated heterocycles. The number of hydrogen-bond acceptors (Lipinski definition) is 2. The summed E-state index contributed by atoms with van der Waals surface area (Å²) in [6.45, 7) is 6.13. The van der Waals surface area contributed by atoms with Crippen molar-refractivity contribution >= 4 is 28.6 Å². The largest absolute Gasteiger partial charge is 0.349 e. The minimum absolute atomic E-state index is 0.0160. The first kappa shape index (κ1) is 12.2. The van der Waals surface area contributed by atoms with Gasteiger partial charge in [-0.2, -0.15) is 0 Å². The number of imidazole rings is 1. The molecule has 1 unspecified atom stereocenters. The molecular formula is C13H18ClN3. The average molecular weight is 252 g/mol. The maximum Gasteiger partial charge on any atom is 0.204 e. The highest BCUT2D eigenvalue weighted by Crippen LogP contribution is 2.24. The number of alkyl halides is 1. The number of fused-ring (bicyclic) bond motifs is 1. The topological polar surface area (TPSA) is 29.9 Å². The van der Waals surface area contributed by atoms with Gasteiger partial charge in [0.05, 0.1) is 21.9 Å². The van der Waals surface area contributed by atoms with Crippen LogP contribution in [0.2, 0.25) is 0 Å². The Balaban J connectivity index is 2.40. The molecule has 1 heterocycles. The van der Waals surface area contributed by atoms with E-state index in [9.17, 15) is 0 Å². The number of para-hydroxylation sites is 2. The summed E-state index contributed by atoms with van der Waals surface area (Å²) in [7, 11) is 2.01. The van der Waals surface area contributed by atoms with E-state index in [1.54, 1.807) is 0 Å². The van der Waals surface area contributed by atoms with Crippen LogP contribution in [0.5, 0.6) is 0 Å². The third kappa shape index (κ3) is 2.25. The SMILES string of the molecule is CC(Cl)C(C)(C)Nc1nc2ccccc2n1C. The Kier molecular flexibility index (Phi) is 3.04. The first-order chi connectivity index (χ1) is 7.92. The Morgan fingerprint density at radius 1 is 1.35 bits per heavy atom. The fourth-order valence-electron chi connectivity index (χ4n) is 1.64. The van der Waals surface area contributed by atoms with Gasteiger partial charge < -0.3 is 9.88 Å². The van der Waals surface area contributed by atoms with Crippen LogP contribution in [0.4, 0.5) is 5.95 Å². The van der Waals surface area contributed by atoms with Gasteiger partial charge in [-0.25, -0.2) is 4.98 Å². The molecule has 2 aromatic rings. The number of aromatic nitrogens is 2. The summed E-state index contributed by atoms with van der Waals surface area (Å²) in [4.78, 5) is 4.57. The van der Waals surface area contributed by atoms with Gasteiger partial charge in [-0.15, -0.1) is 11.6 Å². The molecule has 0 aliphatic rings. The molecule has 3 nitrogen and oxygen atoms in total. The Morgan fingerprint density at radius 3 is 2.59 bits per heavy atom. The van der Waals surface area contributed by atoms with E-state index < -0.39 is 0 Å². The standard InChI is InChI=1S/C13H18ClN3/c1-9(14)13(2,3)16-12-15-10-7-5-6-8-11(10)17(12)4/h5-9H,1-4H3,(H,15,16). The number of nitrogens with one attached hydrogen (secondary N) is 1. The lowest BCUT2D eigenvalue weighted by atomic mass is 10.0. The van der Waals surface area contributed by atoms with Gasteiger partial charge in [0, 0.05) is 7.05 Å². The maximum atomic E-state index is 6.17. The summed E-state index contributed by atoms with van der Waals surface area (Å²) < 4.78 is 2.05. The summed E-state index contributed by atoms with van der Waals surface area (Å²) in [5.41, 5.74) is 1.92. The van der Waals surface area contributed by atoms with Gasteiger partial charge in [0.1, 0.15) is 0 Å². The van der Waals surface area contributed by atoms with E-state index in [-0.39, 0.29) is 10.9 Å². The molecule has 2 rings (SSSR count). The molecule has 0 saturated carbocycles. The summed E-state index contributed by atoms with van der Waals surface area (Å²) in [6.07, 6.45) is 0. The molecule has 1 N–H and O–H groups in total. The van der Waals surface area contributed by atoms with Gasteiger partial charge in [-0.1, -0.05) is 12.1 Å². The quantitative estimate of drug-likeness (QED) is 0.848. The molecule has 0 fully saturated rings. The van der Waals surface area contributed by atoms with Crippen LogP contribution in [0, 0.1) is 0 Å². The van der Waals surface area contributed by atoms with Crippen LogP contribution in [0.1, 0.15) is 20.8 Å². The number of anilines is 1. The highest BCUT2D eigenvalue weighted by atomic mass is 35.5. The zero-order chi connectivity index (χ0) is 12.6. The molecule has 0 aliphatic heterocycles. The fraction of sp³-hybridized carbons (Fsp3) is 0.462. The number of benzene rings is 1. The van der Waals surface area contributed by atoms with Crippen molar-refractivity contribution in [2.24, 2.45) is 7.05 Å². The molecule has 0 spiro atoms. The number of nitrogens with zero attached hydrogens (tertiary/aromatic N) is 2. The maximum absolute atomic E-state index is 6.17. The van der Waals surface area contributed by atoms with Crippen LogP contribution in [0.15, 0.2) is 24.3 Å². The van der Waals surface area contributed by atoms with Crippen LogP contribution in [0.3, 0.4) is 0 Å². The molecule has 0 bridgehead atoms. The highest BCUT2D eigenvalue weighted by molar-refractivity contribution is 6.21. The molecule has 0 amide bonds. The van der Waals surface area contributed by atoms with E-state index in [0.29, 0.717) is 0 Å². The highest BCUT2D eigenvalue weighted by Gasteiger charge is 2.25. The van der Waals surface area contributed by atoms with Gasteiger partial charge in [0.15, 0.2) is 0 Å². The van der Waals surface area contributed by atoms with E-state index >= 15 is 0 Å². The van der Waals surface area contributed by atoms with Crippen molar-refractivity contribution in [2.45, 2.75) is 31.7 Å². The van der Waals surface area contributed by atoms with Crippen molar-refractivity contribution in [3.8, 4) is 0 Å². The Hall–Kier alpha value is -1.22. The molecule has 4 heteroatoms. The summed E-state index contributed by atoms with van der Waals surface area (Å²) in [5, 5.41) is 3.41. The molecule has 17 heavy (non-hydrogen) atoms. The minimum atomic E-state index is -0.198. The Bertz CT molecular complexity index is 528. The third-order valence-corrected chi connectivity index (χ3v) is 3.76. The van der Waals surface area contributed by atoms with Gasteiger partial charge in [0.2, 0.25) is 5.95 Å². The minimum Gasteiger partial charge on any atom is -0.349 e.